The van der Waals surface area contributed by atoms with Gasteiger partial charge in [0.15, 0.2) is 0 Å². The van der Waals surface area contributed by atoms with Crippen LogP contribution in [0.5, 0.6) is 0 Å². The molecule has 0 saturated carbocycles. The molecule has 2 aromatic rings. The summed E-state index contributed by atoms with van der Waals surface area (Å²) in [4.78, 5) is 14.2. The lowest BCUT2D eigenvalue weighted by atomic mass is 10.1. The quantitative estimate of drug-likeness (QED) is 0.663. The van der Waals surface area contributed by atoms with E-state index in [-0.39, 0.29) is 6.54 Å². The van der Waals surface area contributed by atoms with Crippen molar-refractivity contribution >= 4 is 5.69 Å². The van der Waals surface area contributed by atoms with Gasteiger partial charge in [-0.05, 0) is 29.8 Å². The molecule has 6 heteroatoms. The molecule has 0 spiro atoms. The summed E-state index contributed by atoms with van der Waals surface area (Å²) in [5.74, 6) is -0.393. The number of anilines is 1. The minimum Gasteiger partial charge on any atom is -0.372 e. The molecule has 1 atom stereocenters. The van der Waals surface area contributed by atoms with Gasteiger partial charge in [-0.2, -0.15) is 0 Å². The first-order valence-electron chi connectivity index (χ1n) is 5.69. The minimum absolute atomic E-state index is 0.303. The van der Waals surface area contributed by atoms with Crippen LogP contribution < -0.4 is 5.32 Å². The van der Waals surface area contributed by atoms with Crippen LogP contribution in [0.3, 0.4) is 0 Å². The summed E-state index contributed by atoms with van der Waals surface area (Å²) in [5.41, 5.74) is 1.18. The van der Waals surface area contributed by atoms with Gasteiger partial charge in [0, 0.05) is 23.0 Å². The zero-order valence-corrected chi connectivity index (χ0v) is 9.99. The van der Waals surface area contributed by atoms with E-state index in [1.807, 2.05) is 0 Å². The molecular weight excluding hydrogens is 249 g/mol. The lowest BCUT2D eigenvalue weighted by molar-refractivity contribution is -0.482. The Morgan fingerprint density at radius 1 is 1.37 bits per heavy atom. The third-order valence-corrected chi connectivity index (χ3v) is 2.58. The van der Waals surface area contributed by atoms with Gasteiger partial charge in [-0.3, -0.25) is 15.1 Å². The summed E-state index contributed by atoms with van der Waals surface area (Å²) in [5, 5.41) is 13.7. The van der Waals surface area contributed by atoms with Crippen LogP contribution >= 0.6 is 0 Å². The number of nitro groups is 1. The zero-order valence-electron chi connectivity index (χ0n) is 9.99. The summed E-state index contributed by atoms with van der Waals surface area (Å²) in [7, 11) is 0. The second-order valence-corrected chi connectivity index (χ2v) is 4.01. The van der Waals surface area contributed by atoms with Crippen molar-refractivity contribution < 1.29 is 9.31 Å². The van der Waals surface area contributed by atoms with Crippen LogP contribution in [-0.2, 0) is 0 Å². The molecule has 1 N–H and O–H groups in total. The van der Waals surface area contributed by atoms with Crippen LogP contribution in [0, 0.1) is 15.9 Å². The molecule has 0 aliphatic rings. The van der Waals surface area contributed by atoms with Gasteiger partial charge >= 0.3 is 0 Å². The number of pyridine rings is 1. The first kappa shape index (κ1) is 12.9. The Morgan fingerprint density at radius 3 is 2.84 bits per heavy atom. The highest BCUT2D eigenvalue weighted by molar-refractivity contribution is 5.45. The van der Waals surface area contributed by atoms with Crippen molar-refractivity contribution in [1.29, 1.82) is 0 Å². The van der Waals surface area contributed by atoms with Gasteiger partial charge in [0.1, 0.15) is 11.9 Å². The Labute approximate surface area is 109 Å². The third-order valence-electron chi connectivity index (χ3n) is 2.58. The molecule has 0 fully saturated rings. The van der Waals surface area contributed by atoms with E-state index in [2.05, 4.69) is 10.3 Å². The number of nitrogens with zero attached hydrogens (tertiary/aromatic N) is 2. The average molecular weight is 261 g/mol. The number of benzene rings is 1. The van der Waals surface area contributed by atoms with Crippen molar-refractivity contribution in [3.05, 3.63) is 70.3 Å². The van der Waals surface area contributed by atoms with Gasteiger partial charge in [-0.15, -0.1) is 0 Å². The molecule has 1 aromatic heterocycles. The molecule has 0 amide bonds. The van der Waals surface area contributed by atoms with E-state index in [4.69, 9.17) is 0 Å². The van der Waals surface area contributed by atoms with Crippen LogP contribution in [0.1, 0.15) is 11.6 Å². The second kappa shape index (κ2) is 5.90. The van der Waals surface area contributed by atoms with E-state index < -0.39 is 16.8 Å². The maximum absolute atomic E-state index is 13.1. The van der Waals surface area contributed by atoms with Gasteiger partial charge in [0.25, 0.3) is 0 Å². The molecular formula is C13H12FN3O2. The fraction of sp³-hybridized carbons (Fsp3) is 0.154. The Balaban J connectivity index is 2.21. The van der Waals surface area contributed by atoms with Crippen molar-refractivity contribution in [3.63, 3.8) is 0 Å². The molecule has 19 heavy (non-hydrogen) atoms. The smallest absolute Gasteiger partial charge is 0.227 e. The predicted octanol–water partition coefficient (Wildman–Crippen LogP) is 2.65. The van der Waals surface area contributed by atoms with Gasteiger partial charge < -0.3 is 5.32 Å². The summed E-state index contributed by atoms with van der Waals surface area (Å²) in [6.07, 6.45) is 3.15. The van der Waals surface area contributed by atoms with Gasteiger partial charge in [-0.25, -0.2) is 4.39 Å². The molecule has 0 radical (unpaired) electrons. The summed E-state index contributed by atoms with van der Waals surface area (Å²) in [6.45, 7) is -0.303. The number of nitrogens with one attached hydrogen (secondary N) is 1. The number of hydrogen-bond donors (Lipinski definition) is 1. The first-order chi connectivity index (χ1) is 9.15. The summed E-state index contributed by atoms with van der Waals surface area (Å²) < 4.78 is 13.1. The highest BCUT2D eigenvalue weighted by Gasteiger charge is 2.17. The number of halogens is 1. The lowest BCUT2D eigenvalue weighted by Crippen LogP contribution is -2.20. The standard InChI is InChI=1S/C13H12FN3O2/c14-11-4-1-5-12(7-11)16-13(9-17(18)19)10-3-2-6-15-8-10/h1-8,13,16H,9H2. The van der Waals surface area contributed by atoms with E-state index in [1.54, 1.807) is 36.7 Å². The monoisotopic (exact) mass is 261 g/mol. The summed E-state index contributed by atoms with van der Waals surface area (Å²) in [6, 6.07) is 8.71. The molecule has 98 valence electrons. The van der Waals surface area contributed by atoms with E-state index in [1.165, 1.54) is 12.1 Å². The van der Waals surface area contributed by atoms with E-state index in [0.29, 0.717) is 11.3 Å². The third kappa shape index (κ3) is 3.74. The number of hydrogen-bond acceptors (Lipinski definition) is 4. The topological polar surface area (TPSA) is 68.1 Å². The van der Waals surface area contributed by atoms with E-state index in [9.17, 15) is 14.5 Å². The number of aromatic nitrogens is 1. The van der Waals surface area contributed by atoms with Gasteiger partial charge in [-0.1, -0.05) is 12.1 Å². The van der Waals surface area contributed by atoms with Crippen molar-refractivity contribution in [2.45, 2.75) is 6.04 Å². The predicted molar refractivity (Wildman–Crippen MR) is 68.9 cm³/mol. The molecule has 0 saturated heterocycles. The fourth-order valence-corrected chi connectivity index (χ4v) is 1.74. The van der Waals surface area contributed by atoms with Crippen LogP contribution in [-0.4, -0.2) is 16.5 Å². The molecule has 0 aliphatic heterocycles. The highest BCUT2D eigenvalue weighted by atomic mass is 19.1. The lowest BCUT2D eigenvalue weighted by Gasteiger charge is -2.16. The Hall–Kier alpha value is -2.50. The molecule has 5 nitrogen and oxygen atoms in total. The molecule has 1 aromatic carbocycles. The molecule has 0 aliphatic carbocycles. The van der Waals surface area contributed by atoms with Crippen LogP contribution in [0.2, 0.25) is 0 Å². The van der Waals surface area contributed by atoms with Crippen LogP contribution in [0.25, 0.3) is 0 Å². The van der Waals surface area contributed by atoms with Crippen molar-refractivity contribution in [1.82, 2.24) is 4.98 Å². The molecule has 1 heterocycles. The van der Waals surface area contributed by atoms with Crippen LogP contribution in [0.15, 0.2) is 48.8 Å². The Bertz CT molecular complexity index is 563. The van der Waals surface area contributed by atoms with Crippen molar-refractivity contribution in [3.8, 4) is 0 Å². The normalized spacial score (nSPS) is 11.8. The highest BCUT2D eigenvalue weighted by Crippen LogP contribution is 2.19. The fourth-order valence-electron chi connectivity index (χ4n) is 1.74. The van der Waals surface area contributed by atoms with Crippen molar-refractivity contribution in [2.75, 3.05) is 11.9 Å². The molecule has 2 rings (SSSR count). The average Bonchev–Trinajstić information content (AvgIpc) is 2.38. The van der Waals surface area contributed by atoms with E-state index in [0.717, 1.165) is 0 Å². The molecule has 1 unspecified atom stereocenters. The summed E-state index contributed by atoms with van der Waals surface area (Å²) >= 11 is 0. The molecule has 0 bridgehead atoms. The van der Waals surface area contributed by atoms with Gasteiger partial charge in [0.2, 0.25) is 6.54 Å². The minimum atomic E-state index is -0.550. The zero-order chi connectivity index (χ0) is 13.7. The maximum Gasteiger partial charge on any atom is 0.227 e. The van der Waals surface area contributed by atoms with Crippen molar-refractivity contribution in [2.24, 2.45) is 0 Å². The second-order valence-electron chi connectivity index (χ2n) is 4.01. The van der Waals surface area contributed by atoms with Gasteiger partial charge in [0.05, 0.1) is 0 Å². The van der Waals surface area contributed by atoms with Crippen LogP contribution in [0.4, 0.5) is 10.1 Å². The number of rotatable bonds is 5. The maximum atomic E-state index is 13.1. The Kier molecular flexibility index (Phi) is 4.02. The van der Waals surface area contributed by atoms with E-state index >= 15 is 0 Å². The largest absolute Gasteiger partial charge is 0.372 e. The Morgan fingerprint density at radius 2 is 2.21 bits per heavy atom. The first-order valence-corrected chi connectivity index (χ1v) is 5.69. The SMILES string of the molecule is O=[N+]([O-])CC(Nc1cccc(F)c1)c1cccnc1.